The lowest BCUT2D eigenvalue weighted by molar-refractivity contribution is -0.134. The van der Waals surface area contributed by atoms with E-state index in [1.165, 1.54) is 0 Å². The van der Waals surface area contributed by atoms with Crippen molar-refractivity contribution in [3.8, 4) is 5.75 Å². The Labute approximate surface area is 253 Å². The zero-order chi connectivity index (χ0) is 30.0. The molecule has 1 aromatic carbocycles. The van der Waals surface area contributed by atoms with Crippen molar-refractivity contribution in [2.75, 3.05) is 13.1 Å². The molecule has 2 amide bonds. The Morgan fingerprint density at radius 1 is 0.732 bits per heavy atom. The molecule has 0 spiro atoms. The number of benzene rings is 1. The van der Waals surface area contributed by atoms with Crippen LogP contribution < -0.4 is 15.4 Å². The van der Waals surface area contributed by atoms with Crippen LogP contribution in [0.5, 0.6) is 5.75 Å². The lowest BCUT2D eigenvalue weighted by Gasteiger charge is -2.25. The van der Waals surface area contributed by atoms with E-state index < -0.39 is 5.60 Å². The fraction of sp³-hybridized carbons (Fsp3) is 0.429. The summed E-state index contributed by atoms with van der Waals surface area (Å²) in [6.07, 6.45) is 33.7. The number of carbonyl (C=O) groups excluding carboxylic acids is 2. The molecule has 41 heavy (non-hydrogen) atoms. The van der Waals surface area contributed by atoms with Crippen LogP contribution in [-0.2, 0) is 9.59 Å². The molecule has 0 heterocycles. The third-order valence-corrected chi connectivity index (χ3v) is 6.08. The third-order valence-electron chi connectivity index (χ3n) is 5.83. The average Bonchev–Trinajstić information content (AvgIpc) is 2.95. The number of ether oxygens (including phenoxy) is 1. The van der Waals surface area contributed by atoms with Crippen molar-refractivity contribution in [3.63, 3.8) is 0 Å². The minimum absolute atomic E-state index is 0.0160. The highest BCUT2D eigenvalue weighted by Crippen LogP contribution is 2.21. The summed E-state index contributed by atoms with van der Waals surface area (Å²) in [4.78, 5) is 24.5. The quantitative estimate of drug-likeness (QED) is 0.113. The standard InChI is InChI=1S/C35H49ClN2O3/c1-4-5-6-7-8-9-10-11-12-13-14-15-16-17-18-19-20-21-22-24-33(39)37-29-23-30-38-34(40)35(2,3)41-32-27-25-31(36)26-28-32/h5-6,8-9,11-12,14-15,17-18,20-21,25-28H,4,7,10,13,16,19,22-24,29-30H2,1-3H3,(H,37,39)(H,38,40). The maximum absolute atomic E-state index is 12.5. The van der Waals surface area contributed by atoms with Crippen molar-refractivity contribution < 1.29 is 14.3 Å². The van der Waals surface area contributed by atoms with Crippen molar-refractivity contribution in [2.45, 2.75) is 84.2 Å². The van der Waals surface area contributed by atoms with Crippen LogP contribution in [0.4, 0.5) is 0 Å². The average molecular weight is 581 g/mol. The molecule has 6 heteroatoms. The number of halogens is 1. The van der Waals surface area contributed by atoms with Crippen molar-refractivity contribution in [1.29, 1.82) is 0 Å². The van der Waals surface area contributed by atoms with Gasteiger partial charge in [-0.15, -0.1) is 0 Å². The molecule has 1 rings (SSSR count). The molecule has 224 valence electrons. The van der Waals surface area contributed by atoms with Crippen LogP contribution in [0.2, 0.25) is 5.02 Å². The molecule has 0 bridgehead atoms. The molecular weight excluding hydrogens is 532 g/mol. The number of nitrogens with one attached hydrogen (secondary N) is 2. The Kier molecular flexibility index (Phi) is 20.4. The summed E-state index contributed by atoms with van der Waals surface area (Å²) in [5.74, 6) is 0.382. The van der Waals surface area contributed by atoms with E-state index in [1.807, 2.05) is 6.08 Å². The number of allylic oxidation sites excluding steroid dienone is 12. The summed E-state index contributed by atoms with van der Waals surface area (Å²) >= 11 is 5.89. The first-order valence-corrected chi connectivity index (χ1v) is 15.1. The first kappa shape index (κ1) is 35.7. The van der Waals surface area contributed by atoms with Gasteiger partial charge < -0.3 is 15.4 Å². The van der Waals surface area contributed by atoms with Crippen LogP contribution in [0.25, 0.3) is 0 Å². The maximum atomic E-state index is 12.5. The molecule has 0 unspecified atom stereocenters. The van der Waals surface area contributed by atoms with Gasteiger partial charge in [0.05, 0.1) is 0 Å². The van der Waals surface area contributed by atoms with Crippen LogP contribution in [0.15, 0.2) is 97.2 Å². The van der Waals surface area contributed by atoms with Gasteiger partial charge in [0.2, 0.25) is 5.91 Å². The first-order valence-electron chi connectivity index (χ1n) is 14.7. The zero-order valence-corrected chi connectivity index (χ0v) is 25.9. The van der Waals surface area contributed by atoms with Crippen molar-refractivity contribution in [3.05, 3.63) is 102 Å². The SMILES string of the molecule is CCC=CCC=CCC=CCC=CCC=CCC=CCCC(=O)NCCCNC(=O)C(C)(C)Oc1ccc(Cl)cc1. The van der Waals surface area contributed by atoms with Gasteiger partial charge in [0, 0.05) is 24.5 Å². The third kappa shape index (κ3) is 20.3. The Morgan fingerprint density at radius 3 is 1.71 bits per heavy atom. The second-order valence-electron chi connectivity index (χ2n) is 9.98. The fourth-order valence-corrected chi connectivity index (χ4v) is 3.64. The van der Waals surface area contributed by atoms with Gasteiger partial charge in [-0.2, -0.15) is 0 Å². The number of hydrogen-bond donors (Lipinski definition) is 2. The lowest BCUT2D eigenvalue weighted by atomic mass is 10.1. The van der Waals surface area contributed by atoms with Crippen LogP contribution in [0.1, 0.15) is 78.6 Å². The van der Waals surface area contributed by atoms with Crippen LogP contribution >= 0.6 is 11.6 Å². The van der Waals surface area contributed by atoms with E-state index in [1.54, 1.807) is 38.1 Å². The Hall–Kier alpha value is -3.31. The van der Waals surface area contributed by atoms with Crippen LogP contribution in [-0.4, -0.2) is 30.5 Å². The van der Waals surface area contributed by atoms with E-state index in [0.29, 0.717) is 43.1 Å². The van der Waals surface area contributed by atoms with Crippen molar-refractivity contribution >= 4 is 23.4 Å². The van der Waals surface area contributed by atoms with E-state index in [9.17, 15) is 9.59 Å². The molecule has 5 nitrogen and oxygen atoms in total. The van der Waals surface area contributed by atoms with Gasteiger partial charge in [-0.3, -0.25) is 9.59 Å². The molecular formula is C35H49ClN2O3. The van der Waals surface area contributed by atoms with Gasteiger partial charge in [0.15, 0.2) is 5.60 Å². The normalized spacial score (nSPS) is 12.6. The van der Waals surface area contributed by atoms with Crippen LogP contribution in [0, 0.1) is 0 Å². The minimum Gasteiger partial charge on any atom is -0.478 e. The van der Waals surface area contributed by atoms with Gasteiger partial charge in [-0.25, -0.2) is 0 Å². The topological polar surface area (TPSA) is 67.4 Å². The summed E-state index contributed by atoms with van der Waals surface area (Å²) in [6, 6.07) is 6.89. The predicted octanol–water partition coefficient (Wildman–Crippen LogP) is 8.60. The van der Waals surface area contributed by atoms with E-state index in [2.05, 4.69) is 84.4 Å². The molecule has 0 aliphatic heterocycles. The lowest BCUT2D eigenvalue weighted by Crippen LogP contribution is -2.47. The van der Waals surface area contributed by atoms with E-state index >= 15 is 0 Å². The summed E-state index contributed by atoms with van der Waals surface area (Å²) in [5.41, 5.74) is -1.02. The van der Waals surface area contributed by atoms with Gasteiger partial charge in [0.25, 0.3) is 5.91 Å². The largest absolute Gasteiger partial charge is 0.478 e. The smallest absolute Gasteiger partial charge is 0.263 e. The Bertz CT molecular complexity index is 1030. The molecule has 0 aromatic heterocycles. The van der Waals surface area contributed by atoms with E-state index in [4.69, 9.17) is 16.3 Å². The number of carbonyl (C=O) groups is 2. The van der Waals surface area contributed by atoms with Crippen LogP contribution in [0.3, 0.4) is 0 Å². The highest BCUT2D eigenvalue weighted by atomic mass is 35.5. The summed E-state index contributed by atoms with van der Waals surface area (Å²) in [7, 11) is 0. The summed E-state index contributed by atoms with van der Waals surface area (Å²) in [5, 5.41) is 6.37. The van der Waals surface area contributed by atoms with Gasteiger partial charge in [0.1, 0.15) is 5.75 Å². The Morgan fingerprint density at radius 2 is 1.20 bits per heavy atom. The molecule has 1 aromatic rings. The second kappa shape index (κ2) is 23.4. The first-order chi connectivity index (χ1) is 19.8. The van der Waals surface area contributed by atoms with Gasteiger partial charge >= 0.3 is 0 Å². The van der Waals surface area contributed by atoms with Crippen molar-refractivity contribution in [2.24, 2.45) is 0 Å². The van der Waals surface area contributed by atoms with Crippen molar-refractivity contribution in [1.82, 2.24) is 10.6 Å². The molecule has 0 saturated carbocycles. The highest BCUT2D eigenvalue weighted by molar-refractivity contribution is 6.30. The zero-order valence-electron chi connectivity index (χ0n) is 25.1. The molecule has 2 N–H and O–H groups in total. The minimum atomic E-state index is -1.02. The molecule has 0 aliphatic rings. The highest BCUT2D eigenvalue weighted by Gasteiger charge is 2.29. The number of hydrogen-bond acceptors (Lipinski definition) is 3. The van der Waals surface area contributed by atoms with Gasteiger partial charge in [-0.1, -0.05) is 91.4 Å². The molecule has 0 saturated heterocycles. The maximum Gasteiger partial charge on any atom is 0.263 e. The summed E-state index contributed by atoms with van der Waals surface area (Å²) < 4.78 is 5.78. The summed E-state index contributed by atoms with van der Waals surface area (Å²) in [6.45, 7) is 6.55. The number of amides is 2. The fourth-order valence-electron chi connectivity index (χ4n) is 3.52. The van der Waals surface area contributed by atoms with E-state index in [0.717, 1.165) is 38.5 Å². The monoisotopic (exact) mass is 580 g/mol. The molecule has 0 radical (unpaired) electrons. The molecule has 0 fully saturated rings. The predicted molar refractivity (Wildman–Crippen MR) is 174 cm³/mol. The van der Waals surface area contributed by atoms with E-state index in [-0.39, 0.29) is 11.8 Å². The molecule has 0 atom stereocenters. The molecule has 0 aliphatic carbocycles. The van der Waals surface area contributed by atoms with Gasteiger partial charge in [-0.05, 0) is 89.5 Å². The second-order valence-corrected chi connectivity index (χ2v) is 10.4. The Balaban J connectivity index is 2.02. The number of rotatable bonds is 21.